The maximum absolute atomic E-state index is 5.60. The van der Waals surface area contributed by atoms with E-state index in [1.165, 1.54) is 25.7 Å². The molecule has 0 unspecified atom stereocenters. The average molecular weight is 285 g/mol. The molecule has 1 heterocycles. The first-order chi connectivity index (χ1) is 7.66. The van der Waals surface area contributed by atoms with E-state index in [4.69, 9.17) is 5.73 Å². The topological polar surface area (TPSA) is 55.0 Å². The lowest BCUT2D eigenvalue weighted by atomic mass is 10.1. The summed E-state index contributed by atoms with van der Waals surface area (Å²) in [6.07, 6.45) is 7.12. The first-order valence-electron chi connectivity index (χ1n) is 5.66. The lowest BCUT2D eigenvalue weighted by molar-refractivity contribution is 0.544. The zero-order valence-corrected chi connectivity index (χ0v) is 11.1. The first kappa shape index (κ1) is 11.6. The zero-order chi connectivity index (χ0) is 11.5. The van der Waals surface area contributed by atoms with Crippen LogP contribution in [0.5, 0.6) is 0 Å². The highest BCUT2D eigenvalue weighted by atomic mass is 79.9. The van der Waals surface area contributed by atoms with Gasteiger partial charge in [-0.15, -0.1) is 0 Å². The van der Waals surface area contributed by atoms with Crippen LogP contribution in [0, 0.1) is 5.92 Å². The van der Waals surface area contributed by atoms with Gasteiger partial charge in [-0.1, -0.05) is 12.8 Å². The number of hydrogen-bond acceptors (Lipinski definition) is 4. The van der Waals surface area contributed by atoms with E-state index in [0.717, 1.165) is 22.8 Å². The van der Waals surface area contributed by atoms with E-state index in [-0.39, 0.29) is 0 Å². The third-order valence-electron chi connectivity index (χ3n) is 3.11. The van der Waals surface area contributed by atoms with Gasteiger partial charge in [-0.05, 0) is 34.7 Å². The van der Waals surface area contributed by atoms with E-state index < -0.39 is 0 Å². The fourth-order valence-corrected chi connectivity index (χ4v) is 2.80. The Morgan fingerprint density at radius 1 is 1.50 bits per heavy atom. The summed E-state index contributed by atoms with van der Waals surface area (Å²) >= 11 is 3.46. The quantitative estimate of drug-likeness (QED) is 0.926. The van der Waals surface area contributed by atoms with Gasteiger partial charge in [0.05, 0.1) is 4.47 Å². The van der Waals surface area contributed by atoms with Crippen LogP contribution in [0.2, 0.25) is 0 Å². The molecule has 1 aromatic heterocycles. The summed E-state index contributed by atoms with van der Waals surface area (Å²) in [6, 6.07) is 0. The molecule has 1 aromatic rings. The van der Waals surface area contributed by atoms with Crippen LogP contribution in [-0.4, -0.2) is 23.6 Å². The van der Waals surface area contributed by atoms with E-state index >= 15 is 0 Å². The summed E-state index contributed by atoms with van der Waals surface area (Å²) in [5.41, 5.74) is 5.60. The van der Waals surface area contributed by atoms with Crippen molar-refractivity contribution in [2.24, 2.45) is 5.92 Å². The van der Waals surface area contributed by atoms with E-state index in [9.17, 15) is 0 Å². The van der Waals surface area contributed by atoms with Crippen LogP contribution in [0.3, 0.4) is 0 Å². The monoisotopic (exact) mass is 284 g/mol. The SMILES string of the molecule is CN(CC1CCCC1)c1nc(N)ncc1Br. The third kappa shape index (κ3) is 2.64. The van der Waals surface area contributed by atoms with Gasteiger partial charge in [0.25, 0.3) is 0 Å². The third-order valence-corrected chi connectivity index (χ3v) is 3.67. The van der Waals surface area contributed by atoms with Gasteiger partial charge < -0.3 is 10.6 Å². The summed E-state index contributed by atoms with van der Waals surface area (Å²) in [7, 11) is 2.06. The maximum atomic E-state index is 5.60. The summed E-state index contributed by atoms with van der Waals surface area (Å²) in [5.74, 6) is 2.02. The molecule has 0 aromatic carbocycles. The van der Waals surface area contributed by atoms with Crippen LogP contribution < -0.4 is 10.6 Å². The summed E-state index contributed by atoms with van der Waals surface area (Å²) in [4.78, 5) is 10.4. The molecule has 2 rings (SSSR count). The van der Waals surface area contributed by atoms with Gasteiger partial charge in [0.15, 0.2) is 0 Å². The molecule has 88 valence electrons. The van der Waals surface area contributed by atoms with Crippen molar-refractivity contribution in [2.45, 2.75) is 25.7 Å². The molecule has 5 heteroatoms. The minimum Gasteiger partial charge on any atom is -0.368 e. The minimum absolute atomic E-state index is 0.330. The van der Waals surface area contributed by atoms with Gasteiger partial charge in [0.1, 0.15) is 5.82 Å². The molecule has 0 aliphatic heterocycles. The number of nitrogen functional groups attached to an aromatic ring is 1. The number of aromatic nitrogens is 2. The van der Waals surface area contributed by atoms with Crippen molar-refractivity contribution < 1.29 is 0 Å². The lowest BCUT2D eigenvalue weighted by Crippen LogP contribution is -2.25. The molecule has 0 amide bonds. The molecule has 0 saturated heterocycles. The molecular weight excluding hydrogens is 268 g/mol. The lowest BCUT2D eigenvalue weighted by Gasteiger charge is -2.22. The standard InChI is InChI=1S/C11H17BrN4/c1-16(7-8-4-2-3-5-8)10-9(12)6-14-11(13)15-10/h6,8H,2-5,7H2,1H3,(H2,13,14,15). The van der Waals surface area contributed by atoms with Gasteiger partial charge in [0.2, 0.25) is 5.95 Å². The average Bonchev–Trinajstić information content (AvgIpc) is 2.74. The molecule has 1 aliphatic rings. The fourth-order valence-electron chi connectivity index (χ4n) is 2.31. The van der Waals surface area contributed by atoms with Crippen molar-refractivity contribution in [2.75, 3.05) is 24.2 Å². The molecule has 0 atom stereocenters. The van der Waals surface area contributed by atoms with E-state index in [0.29, 0.717) is 5.95 Å². The second-order valence-corrected chi connectivity index (χ2v) is 5.29. The van der Waals surface area contributed by atoms with Gasteiger partial charge in [-0.2, -0.15) is 4.98 Å². The maximum Gasteiger partial charge on any atom is 0.222 e. The molecule has 0 bridgehead atoms. The van der Waals surface area contributed by atoms with Crippen molar-refractivity contribution in [1.82, 2.24) is 9.97 Å². The van der Waals surface area contributed by atoms with Crippen molar-refractivity contribution in [3.63, 3.8) is 0 Å². The molecule has 4 nitrogen and oxygen atoms in total. The molecule has 1 aliphatic carbocycles. The molecule has 2 N–H and O–H groups in total. The highest BCUT2D eigenvalue weighted by Crippen LogP contribution is 2.28. The minimum atomic E-state index is 0.330. The largest absolute Gasteiger partial charge is 0.368 e. The molecular formula is C11H17BrN4. The van der Waals surface area contributed by atoms with Crippen LogP contribution in [0.4, 0.5) is 11.8 Å². The number of rotatable bonds is 3. The fraction of sp³-hybridized carbons (Fsp3) is 0.636. The van der Waals surface area contributed by atoms with Gasteiger partial charge in [-0.3, -0.25) is 0 Å². The number of nitrogens with two attached hydrogens (primary N) is 1. The Morgan fingerprint density at radius 2 is 2.19 bits per heavy atom. The molecule has 0 spiro atoms. The second kappa shape index (κ2) is 4.99. The van der Waals surface area contributed by atoms with Crippen molar-refractivity contribution in [3.8, 4) is 0 Å². The van der Waals surface area contributed by atoms with Crippen LogP contribution in [0.1, 0.15) is 25.7 Å². The van der Waals surface area contributed by atoms with Crippen molar-refractivity contribution >= 4 is 27.7 Å². The predicted octanol–water partition coefficient (Wildman–Crippen LogP) is 2.45. The van der Waals surface area contributed by atoms with E-state index in [1.54, 1.807) is 6.20 Å². The smallest absolute Gasteiger partial charge is 0.222 e. The number of nitrogens with zero attached hydrogens (tertiary/aromatic N) is 3. The van der Waals surface area contributed by atoms with Gasteiger partial charge in [0, 0.05) is 19.8 Å². The first-order valence-corrected chi connectivity index (χ1v) is 6.45. The van der Waals surface area contributed by atoms with E-state index in [1.807, 2.05) is 0 Å². The predicted molar refractivity (Wildman–Crippen MR) is 69.4 cm³/mol. The van der Waals surface area contributed by atoms with Crippen LogP contribution in [0.25, 0.3) is 0 Å². The Hall–Kier alpha value is -0.840. The summed E-state index contributed by atoms with van der Waals surface area (Å²) < 4.78 is 0.905. The van der Waals surface area contributed by atoms with E-state index in [2.05, 4.69) is 37.8 Å². The Kier molecular flexibility index (Phi) is 3.63. The summed E-state index contributed by atoms with van der Waals surface area (Å²) in [6.45, 7) is 1.05. The number of halogens is 1. The number of anilines is 2. The van der Waals surface area contributed by atoms with Gasteiger partial charge >= 0.3 is 0 Å². The number of hydrogen-bond donors (Lipinski definition) is 1. The zero-order valence-electron chi connectivity index (χ0n) is 9.49. The van der Waals surface area contributed by atoms with Crippen LogP contribution in [-0.2, 0) is 0 Å². The summed E-state index contributed by atoms with van der Waals surface area (Å²) in [5, 5.41) is 0. The van der Waals surface area contributed by atoms with Gasteiger partial charge in [-0.25, -0.2) is 4.98 Å². The Morgan fingerprint density at radius 3 is 2.88 bits per heavy atom. The van der Waals surface area contributed by atoms with Crippen molar-refractivity contribution in [3.05, 3.63) is 10.7 Å². The molecule has 0 radical (unpaired) electrons. The Bertz CT molecular complexity index is 363. The molecule has 1 saturated carbocycles. The highest BCUT2D eigenvalue weighted by molar-refractivity contribution is 9.10. The molecule has 16 heavy (non-hydrogen) atoms. The van der Waals surface area contributed by atoms with Crippen LogP contribution in [0.15, 0.2) is 10.7 Å². The Labute approximate surface area is 104 Å². The van der Waals surface area contributed by atoms with Crippen molar-refractivity contribution in [1.29, 1.82) is 0 Å². The second-order valence-electron chi connectivity index (χ2n) is 4.43. The molecule has 1 fully saturated rings. The van der Waals surface area contributed by atoms with Crippen LogP contribution >= 0.6 is 15.9 Å². The highest BCUT2D eigenvalue weighted by Gasteiger charge is 2.18. The normalized spacial score (nSPS) is 16.6. The Balaban J connectivity index is 2.07.